The minimum Gasteiger partial charge on any atom is -0.379 e. The molecule has 0 bridgehead atoms. The van der Waals surface area contributed by atoms with Gasteiger partial charge in [-0.1, -0.05) is 51.1 Å². The molecule has 1 aromatic rings. The molecule has 2 atom stereocenters. The molecule has 1 saturated heterocycles. The summed E-state index contributed by atoms with van der Waals surface area (Å²) in [4.78, 5) is 15.1. The number of rotatable bonds is 7. The molecular weight excluding hydrogens is 288 g/mol. The topological polar surface area (TPSA) is 41.6 Å². The Labute approximate surface area is 140 Å². The molecule has 4 heteroatoms. The molecule has 1 aliphatic rings. The Kier molecular flexibility index (Phi) is 7.06. The average Bonchev–Trinajstić information content (AvgIpc) is 2.57. The van der Waals surface area contributed by atoms with Crippen molar-refractivity contribution in [3.63, 3.8) is 0 Å². The first kappa shape index (κ1) is 18.0. The zero-order chi connectivity index (χ0) is 16.7. The number of carbonyl (C=O) groups is 1. The first-order valence-electron chi connectivity index (χ1n) is 8.78. The Hall–Kier alpha value is -1.39. The SMILES string of the molecule is CCC(C(=O)NCC(C(C)C)N1CCOCC1)c1ccccc1. The van der Waals surface area contributed by atoms with Gasteiger partial charge in [0.15, 0.2) is 0 Å². The number of hydrogen-bond acceptors (Lipinski definition) is 3. The summed E-state index contributed by atoms with van der Waals surface area (Å²) in [6.07, 6.45) is 0.819. The summed E-state index contributed by atoms with van der Waals surface area (Å²) in [5.41, 5.74) is 1.10. The maximum Gasteiger partial charge on any atom is 0.227 e. The first-order valence-corrected chi connectivity index (χ1v) is 8.78. The summed E-state index contributed by atoms with van der Waals surface area (Å²) in [6, 6.07) is 10.4. The second kappa shape index (κ2) is 9.04. The highest BCUT2D eigenvalue weighted by Crippen LogP contribution is 2.20. The summed E-state index contributed by atoms with van der Waals surface area (Å²) < 4.78 is 5.44. The van der Waals surface area contributed by atoms with Crippen LogP contribution in [0.2, 0.25) is 0 Å². The molecule has 2 rings (SSSR count). The third-order valence-electron chi connectivity index (χ3n) is 4.70. The molecule has 1 amide bonds. The van der Waals surface area contributed by atoms with Crippen LogP contribution in [-0.2, 0) is 9.53 Å². The van der Waals surface area contributed by atoms with Crippen molar-refractivity contribution < 1.29 is 9.53 Å². The fraction of sp³-hybridized carbons (Fsp3) is 0.632. The first-order chi connectivity index (χ1) is 11.1. The fourth-order valence-electron chi connectivity index (χ4n) is 3.28. The van der Waals surface area contributed by atoms with Crippen molar-refractivity contribution in [1.82, 2.24) is 10.2 Å². The standard InChI is InChI=1S/C19H30N2O2/c1-4-17(16-8-6-5-7-9-16)19(22)20-14-18(15(2)3)21-10-12-23-13-11-21/h5-9,15,17-18H,4,10-14H2,1-3H3,(H,20,22). The van der Waals surface area contributed by atoms with Gasteiger partial charge in [0, 0.05) is 25.7 Å². The minimum atomic E-state index is -0.0614. The Morgan fingerprint density at radius 2 is 1.87 bits per heavy atom. The van der Waals surface area contributed by atoms with E-state index in [0.717, 1.165) is 38.3 Å². The van der Waals surface area contributed by atoms with E-state index in [-0.39, 0.29) is 11.8 Å². The van der Waals surface area contributed by atoms with Gasteiger partial charge in [-0.2, -0.15) is 0 Å². The number of nitrogens with zero attached hydrogens (tertiary/aromatic N) is 1. The second-order valence-corrected chi connectivity index (χ2v) is 6.58. The number of morpholine rings is 1. The highest BCUT2D eigenvalue weighted by Gasteiger charge is 2.25. The second-order valence-electron chi connectivity index (χ2n) is 6.58. The number of benzene rings is 1. The number of carbonyl (C=O) groups excluding carboxylic acids is 1. The van der Waals surface area contributed by atoms with Gasteiger partial charge in [0.25, 0.3) is 0 Å². The molecule has 23 heavy (non-hydrogen) atoms. The smallest absolute Gasteiger partial charge is 0.227 e. The zero-order valence-corrected chi connectivity index (χ0v) is 14.6. The van der Waals surface area contributed by atoms with Gasteiger partial charge in [0.05, 0.1) is 19.1 Å². The Morgan fingerprint density at radius 3 is 2.43 bits per heavy atom. The third-order valence-corrected chi connectivity index (χ3v) is 4.70. The van der Waals surface area contributed by atoms with Crippen molar-refractivity contribution in [3.8, 4) is 0 Å². The van der Waals surface area contributed by atoms with Crippen molar-refractivity contribution in [2.45, 2.75) is 39.2 Å². The Morgan fingerprint density at radius 1 is 1.22 bits per heavy atom. The van der Waals surface area contributed by atoms with Crippen molar-refractivity contribution in [2.75, 3.05) is 32.8 Å². The van der Waals surface area contributed by atoms with Crippen molar-refractivity contribution in [3.05, 3.63) is 35.9 Å². The van der Waals surface area contributed by atoms with Crippen LogP contribution in [-0.4, -0.2) is 49.7 Å². The van der Waals surface area contributed by atoms with Crippen molar-refractivity contribution in [2.24, 2.45) is 5.92 Å². The quantitative estimate of drug-likeness (QED) is 0.840. The zero-order valence-electron chi connectivity index (χ0n) is 14.6. The van der Waals surface area contributed by atoms with E-state index in [1.54, 1.807) is 0 Å². The van der Waals surface area contributed by atoms with Crippen LogP contribution in [0.3, 0.4) is 0 Å². The monoisotopic (exact) mass is 318 g/mol. The van der Waals surface area contributed by atoms with Crippen LogP contribution in [0.4, 0.5) is 0 Å². The fourth-order valence-corrected chi connectivity index (χ4v) is 3.28. The molecule has 128 valence electrons. The molecule has 0 saturated carbocycles. The summed E-state index contributed by atoms with van der Waals surface area (Å²) in [7, 11) is 0. The van der Waals surface area contributed by atoms with Gasteiger partial charge in [-0.05, 0) is 17.9 Å². The normalized spacial score (nSPS) is 18.6. The highest BCUT2D eigenvalue weighted by atomic mass is 16.5. The molecule has 1 N–H and O–H groups in total. The number of amides is 1. The summed E-state index contributed by atoms with van der Waals surface area (Å²) in [5, 5.41) is 3.19. The van der Waals surface area contributed by atoms with Crippen LogP contribution in [0.1, 0.15) is 38.7 Å². The molecule has 0 aliphatic carbocycles. The molecule has 1 fully saturated rings. The lowest BCUT2D eigenvalue weighted by molar-refractivity contribution is -0.123. The van der Waals surface area contributed by atoms with E-state index in [2.05, 4.69) is 31.0 Å². The highest BCUT2D eigenvalue weighted by molar-refractivity contribution is 5.83. The molecule has 0 radical (unpaired) electrons. The van der Waals surface area contributed by atoms with E-state index in [0.29, 0.717) is 18.5 Å². The third kappa shape index (κ3) is 5.05. The van der Waals surface area contributed by atoms with Gasteiger partial charge in [0.1, 0.15) is 0 Å². The lowest BCUT2D eigenvalue weighted by atomic mass is 9.95. The average molecular weight is 318 g/mol. The van der Waals surface area contributed by atoms with Gasteiger partial charge in [0.2, 0.25) is 5.91 Å². The predicted octanol–water partition coefficient (Wildman–Crippen LogP) is 2.65. The van der Waals surface area contributed by atoms with Gasteiger partial charge in [-0.3, -0.25) is 9.69 Å². The molecule has 1 aliphatic heterocycles. The maximum absolute atomic E-state index is 12.6. The van der Waals surface area contributed by atoms with Crippen LogP contribution in [0.25, 0.3) is 0 Å². The van der Waals surface area contributed by atoms with E-state index >= 15 is 0 Å². The number of ether oxygens (including phenoxy) is 1. The van der Waals surface area contributed by atoms with Crippen molar-refractivity contribution in [1.29, 1.82) is 0 Å². The molecule has 1 heterocycles. The molecule has 4 nitrogen and oxygen atoms in total. The van der Waals surface area contributed by atoms with E-state index in [1.807, 2.05) is 30.3 Å². The van der Waals surface area contributed by atoms with Crippen LogP contribution in [0, 0.1) is 5.92 Å². The summed E-state index contributed by atoms with van der Waals surface area (Å²) in [5.74, 6) is 0.580. The number of nitrogens with one attached hydrogen (secondary N) is 1. The maximum atomic E-state index is 12.6. The lowest BCUT2D eigenvalue weighted by Crippen LogP contribution is -2.51. The van der Waals surface area contributed by atoms with Crippen LogP contribution in [0.15, 0.2) is 30.3 Å². The summed E-state index contributed by atoms with van der Waals surface area (Å²) >= 11 is 0. The van der Waals surface area contributed by atoms with Crippen LogP contribution in [0.5, 0.6) is 0 Å². The molecule has 0 aromatic heterocycles. The molecule has 1 aromatic carbocycles. The van der Waals surface area contributed by atoms with Gasteiger partial charge in [-0.15, -0.1) is 0 Å². The van der Waals surface area contributed by atoms with Gasteiger partial charge < -0.3 is 10.1 Å². The van der Waals surface area contributed by atoms with E-state index < -0.39 is 0 Å². The van der Waals surface area contributed by atoms with Crippen LogP contribution < -0.4 is 5.32 Å². The van der Waals surface area contributed by atoms with Gasteiger partial charge >= 0.3 is 0 Å². The lowest BCUT2D eigenvalue weighted by Gasteiger charge is -2.37. The Balaban J connectivity index is 1.94. The molecular formula is C19H30N2O2. The van der Waals surface area contributed by atoms with Crippen LogP contribution >= 0.6 is 0 Å². The van der Waals surface area contributed by atoms with E-state index in [9.17, 15) is 4.79 Å². The number of hydrogen-bond donors (Lipinski definition) is 1. The van der Waals surface area contributed by atoms with Gasteiger partial charge in [-0.25, -0.2) is 0 Å². The Bertz CT molecular complexity index is 470. The molecule has 2 unspecified atom stereocenters. The molecule has 0 spiro atoms. The minimum absolute atomic E-state index is 0.0614. The largest absolute Gasteiger partial charge is 0.379 e. The van der Waals surface area contributed by atoms with E-state index in [4.69, 9.17) is 4.74 Å². The van der Waals surface area contributed by atoms with E-state index in [1.165, 1.54) is 0 Å². The summed E-state index contributed by atoms with van der Waals surface area (Å²) in [6.45, 7) is 10.7. The predicted molar refractivity (Wildman–Crippen MR) is 93.5 cm³/mol. The van der Waals surface area contributed by atoms with Crippen molar-refractivity contribution >= 4 is 5.91 Å².